The highest BCUT2D eigenvalue weighted by molar-refractivity contribution is 7.89. The maximum atomic E-state index is 12.1. The fourth-order valence-electron chi connectivity index (χ4n) is 2.41. The standard InChI is InChI=1S/C15H18ClNO4S/c16-14-7-2-1-4-11(14)8-9-22(20,21)17-13-6-3-5-12(10-13)15(18)19/h1-4,6-7,12-13,17H,5,8-10H2,(H,18,19)/t12-,13-/m1/s1. The lowest BCUT2D eigenvalue weighted by Crippen LogP contribution is -2.39. The lowest BCUT2D eigenvalue weighted by atomic mass is 9.92. The van der Waals surface area contributed by atoms with E-state index in [4.69, 9.17) is 16.7 Å². The number of hydrogen-bond donors (Lipinski definition) is 2. The van der Waals surface area contributed by atoms with Gasteiger partial charge in [0.1, 0.15) is 0 Å². The molecule has 0 unspecified atom stereocenters. The number of sulfonamides is 1. The van der Waals surface area contributed by atoms with Crippen LogP contribution in [0.4, 0.5) is 0 Å². The molecular weight excluding hydrogens is 326 g/mol. The van der Waals surface area contributed by atoms with Gasteiger partial charge in [0.15, 0.2) is 0 Å². The molecule has 1 aromatic rings. The van der Waals surface area contributed by atoms with Gasteiger partial charge in [0, 0.05) is 11.1 Å². The molecule has 120 valence electrons. The fraction of sp³-hybridized carbons (Fsp3) is 0.400. The van der Waals surface area contributed by atoms with Crippen LogP contribution in [-0.4, -0.2) is 31.3 Å². The molecule has 0 heterocycles. The van der Waals surface area contributed by atoms with Gasteiger partial charge in [-0.15, -0.1) is 0 Å². The van der Waals surface area contributed by atoms with Gasteiger partial charge in [-0.3, -0.25) is 4.79 Å². The number of aliphatic carboxylic acids is 1. The zero-order valence-corrected chi connectivity index (χ0v) is 13.5. The SMILES string of the molecule is O=C(O)[C@@H]1CC=C[C@@H](NS(=O)(=O)CCc2ccccc2Cl)C1. The summed E-state index contributed by atoms with van der Waals surface area (Å²) in [5, 5.41) is 9.55. The number of halogens is 1. The lowest BCUT2D eigenvalue weighted by molar-refractivity contribution is -0.142. The van der Waals surface area contributed by atoms with E-state index in [1.54, 1.807) is 30.4 Å². The summed E-state index contributed by atoms with van der Waals surface area (Å²) in [6, 6.07) is 6.64. The van der Waals surface area contributed by atoms with E-state index in [1.807, 2.05) is 6.07 Å². The molecule has 0 saturated heterocycles. The Morgan fingerprint density at radius 1 is 1.36 bits per heavy atom. The molecule has 7 heteroatoms. The van der Waals surface area contributed by atoms with Crippen LogP contribution in [0.2, 0.25) is 5.02 Å². The van der Waals surface area contributed by atoms with Crippen LogP contribution in [0.25, 0.3) is 0 Å². The number of carboxylic acid groups (broad SMARTS) is 1. The maximum absolute atomic E-state index is 12.1. The van der Waals surface area contributed by atoms with E-state index in [1.165, 1.54) is 0 Å². The highest BCUT2D eigenvalue weighted by atomic mass is 35.5. The van der Waals surface area contributed by atoms with Gasteiger partial charge in [-0.05, 0) is 30.9 Å². The first kappa shape index (κ1) is 17.0. The molecule has 1 aliphatic carbocycles. The van der Waals surface area contributed by atoms with E-state index in [-0.39, 0.29) is 12.2 Å². The van der Waals surface area contributed by atoms with Gasteiger partial charge in [0.25, 0.3) is 0 Å². The van der Waals surface area contributed by atoms with E-state index in [0.717, 1.165) is 5.56 Å². The van der Waals surface area contributed by atoms with Gasteiger partial charge in [-0.1, -0.05) is 42.0 Å². The largest absolute Gasteiger partial charge is 0.481 e. The van der Waals surface area contributed by atoms with Gasteiger partial charge >= 0.3 is 5.97 Å². The maximum Gasteiger partial charge on any atom is 0.306 e. The molecule has 0 bridgehead atoms. The topological polar surface area (TPSA) is 83.5 Å². The highest BCUT2D eigenvalue weighted by Crippen LogP contribution is 2.20. The zero-order chi connectivity index (χ0) is 16.2. The van der Waals surface area contributed by atoms with Crippen molar-refractivity contribution in [1.29, 1.82) is 0 Å². The Balaban J connectivity index is 1.94. The molecule has 0 spiro atoms. The highest BCUT2D eigenvalue weighted by Gasteiger charge is 2.26. The predicted molar refractivity (Wildman–Crippen MR) is 85.4 cm³/mol. The average Bonchev–Trinajstić information content (AvgIpc) is 2.46. The van der Waals surface area contributed by atoms with Crippen molar-refractivity contribution in [3.63, 3.8) is 0 Å². The summed E-state index contributed by atoms with van der Waals surface area (Å²) in [6.45, 7) is 0. The van der Waals surface area contributed by atoms with Crippen molar-refractivity contribution in [3.05, 3.63) is 47.0 Å². The van der Waals surface area contributed by atoms with Crippen LogP contribution < -0.4 is 4.72 Å². The van der Waals surface area contributed by atoms with Crippen molar-refractivity contribution >= 4 is 27.6 Å². The van der Waals surface area contributed by atoms with Gasteiger partial charge < -0.3 is 5.11 Å². The van der Waals surface area contributed by atoms with E-state index >= 15 is 0 Å². The summed E-state index contributed by atoms with van der Waals surface area (Å²) in [6.07, 6.45) is 4.45. The predicted octanol–water partition coefficient (Wildman–Crippen LogP) is 2.22. The second kappa shape index (κ2) is 7.26. The molecule has 2 N–H and O–H groups in total. The average molecular weight is 344 g/mol. The Bertz CT molecular complexity index is 672. The molecule has 0 aliphatic heterocycles. The number of hydrogen-bond acceptors (Lipinski definition) is 3. The minimum absolute atomic E-state index is 0.0845. The minimum atomic E-state index is -3.50. The first-order valence-electron chi connectivity index (χ1n) is 7.00. The van der Waals surface area contributed by atoms with Crippen LogP contribution in [0.5, 0.6) is 0 Å². The molecule has 0 aromatic heterocycles. The Labute approximate surface area is 135 Å². The van der Waals surface area contributed by atoms with Crippen molar-refractivity contribution < 1.29 is 18.3 Å². The number of carbonyl (C=O) groups is 1. The van der Waals surface area contributed by atoms with E-state index in [2.05, 4.69) is 4.72 Å². The first-order chi connectivity index (χ1) is 10.4. The van der Waals surface area contributed by atoms with Crippen LogP contribution in [0.3, 0.4) is 0 Å². The van der Waals surface area contributed by atoms with Crippen LogP contribution in [0.1, 0.15) is 18.4 Å². The summed E-state index contributed by atoms with van der Waals surface area (Å²) in [7, 11) is -3.50. The van der Waals surface area contributed by atoms with Crippen LogP contribution in [0, 0.1) is 5.92 Å². The van der Waals surface area contributed by atoms with E-state index in [9.17, 15) is 13.2 Å². The number of aryl methyl sites for hydroxylation is 1. The number of rotatable bonds is 6. The van der Waals surface area contributed by atoms with E-state index < -0.39 is 28.0 Å². The van der Waals surface area contributed by atoms with E-state index in [0.29, 0.717) is 17.9 Å². The third-order valence-electron chi connectivity index (χ3n) is 3.61. The van der Waals surface area contributed by atoms with Gasteiger partial charge in [-0.2, -0.15) is 0 Å². The molecule has 2 rings (SSSR count). The number of benzene rings is 1. The molecule has 2 atom stereocenters. The van der Waals surface area contributed by atoms with Crippen LogP contribution in [-0.2, 0) is 21.2 Å². The smallest absolute Gasteiger partial charge is 0.306 e. The fourth-order valence-corrected chi connectivity index (χ4v) is 3.89. The number of carboxylic acids is 1. The Kier molecular flexibility index (Phi) is 5.61. The zero-order valence-electron chi connectivity index (χ0n) is 11.9. The molecule has 1 aromatic carbocycles. The molecule has 5 nitrogen and oxygen atoms in total. The second-order valence-corrected chi connectivity index (χ2v) is 7.60. The summed E-state index contributed by atoms with van der Waals surface area (Å²) in [4.78, 5) is 11.0. The molecule has 0 amide bonds. The van der Waals surface area contributed by atoms with Gasteiger partial charge in [0.05, 0.1) is 11.7 Å². The molecule has 0 saturated carbocycles. The summed E-state index contributed by atoms with van der Waals surface area (Å²) in [5.74, 6) is -1.52. The molecule has 0 fully saturated rings. The van der Waals surface area contributed by atoms with Crippen molar-refractivity contribution in [2.75, 3.05) is 5.75 Å². The Hall–Kier alpha value is -1.37. The summed E-state index contributed by atoms with van der Waals surface area (Å²) < 4.78 is 26.8. The van der Waals surface area contributed by atoms with Crippen molar-refractivity contribution in [1.82, 2.24) is 4.72 Å². The third-order valence-corrected chi connectivity index (χ3v) is 5.38. The molecule has 1 aliphatic rings. The molecule has 0 radical (unpaired) electrons. The lowest BCUT2D eigenvalue weighted by Gasteiger charge is -2.22. The summed E-state index contributed by atoms with van der Waals surface area (Å²) >= 11 is 6.01. The monoisotopic (exact) mass is 343 g/mol. The number of nitrogens with one attached hydrogen (secondary N) is 1. The van der Waals surface area contributed by atoms with Crippen molar-refractivity contribution in [3.8, 4) is 0 Å². The normalized spacial score (nSPS) is 21.7. The Morgan fingerprint density at radius 2 is 2.09 bits per heavy atom. The Morgan fingerprint density at radius 3 is 2.77 bits per heavy atom. The first-order valence-corrected chi connectivity index (χ1v) is 9.03. The third kappa shape index (κ3) is 4.83. The molecular formula is C15H18ClNO4S. The van der Waals surface area contributed by atoms with Gasteiger partial charge in [-0.25, -0.2) is 13.1 Å². The van der Waals surface area contributed by atoms with Crippen molar-refractivity contribution in [2.45, 2.75) is 25.3 Å². The van der Waals surface area contributed by atoms with Crippen LogP contribution >= 0.6 is 11.6 Å². The molecule has 22 heavy (non-hydrogen) atoms. The number of allylic oxidation sites excluding steroid dienone is 1. The van der Waals surface area contributed by atoms with Crippen molar-refractivity contribution in [2.24, 2.45) is 5.92 Å². The van der Waals surface area contributed by atoms with Gasteiger partial charge in [0.2, 0.25) is 10.0 Å². The summed E-state index contributed by atoms with van der Waals surface area (Å²) in [5.41, 5.74) is 0.775. The van der Waals surface area contributed by atoms with Crippen LogP contribution in [0.15, 0.2) is 36.4 Å². The quantitative estimate of drug-likeness (QED) is 0.776. The minimum Gasteiger partial charge on any atom is -0.481 e. The second-order valence-electron chi connectivity index (χ2n) is 5.32.